The Bertz CT molecular complexity index is 1950. The van der Waals surface area contributed by atoms with Crippen molar-refractivity contribution in [2.45, 2.75) is 19.3 Å². The molecule has 2 heterocycles. The number of nitrogens with zero attached hydrogens (tertiary/aromatic N) is 2. The molecule has 0 spiro atoms. The third-order valence-corrected chi connectivity index (χ3v) is 8.85. The van der Waals surface area contributed by atoms with Crippen LogP contribution in [0.4, 0.5) is 0 Å². The number of para-hydroxylation sites is 2. The Balaban J connectivity index is 1.52. The monoisotopic (exact) mass is 466 g/mol. The second-order valence-electron chi connectivity index (χ2n) is 10.1. The highest BCUT2D eigenvalue weighted by molar-refractivity contribution is 7.20. The molecule has 0 saturated heterocycles. The molecule has 166 valence electrons. The minimum atomic E-state index is 0.00404. The van der Waals surface area contributed by atoms with Crippen LogP contribution in [0.15, 0.2) is 97.1 Å². The van der Waals surface area contributed by atoms with E-state index in [9.17, 15) is 0 Å². The quantitative estimate of drug-likeness (QED) is 0.236. The zero-order valence-corrected chi connectivity index (χ0v) is 20.4. The van der Waals surface area contributed by atoms with E-state index in [2.05, 4.69) is 115 Å². The average Bonchev–Trinajstić information content (AvgIpc) is 3.52. The normalized spacial score (nSPS) is 14.2. The fourth-order valence-electron chi connectivity index (χ4n) is 6.15. The van der Waals surface area contributed by atoms with E-state index in [1.54, 1.807) is 11.3 Å². The minimum absolute atomic E-state index is 0.00404. The largest absolute Gasteiger partial charge is 0.285 e. The average molecular weight is 467 g/mol. The highest BCUT2D eigenvalue weighted by atomic mass is 32.1. The summed E-state index contributed by atoms with van der Waals surface area (Å²) in [5, 5.41) is 6.21. The standard InChI is InChI=1S/C32H22N2S/c1-32(2)24-11-5-3-9-20(24)23-18-22-19(17-25(23)32)15-16-28-30(22)21-10-4-7-13-27(21)34(28)31-33-26-12-6-8-14-29(26)35-31/h3-18H,1-2H3. The molecule has 0 atom stereocenters. The van der Waals surface area contributed by atoms with Crippen LogP contribution in [0.25, 0.3) is 59.1 Å². The molecule has 0 radical (unpaired) electrons. The third kappa shape index (κ3) is 2.46. The minimum Gasteiger partial charge on any atom is -0.285 e. The van der Waals surface area contributed by atoms with E-state index < -0.39 is 0 Å². The molecule has 0 bridgehead atoms. The van der Waals surface area contributed by atoms with Gasteiger partial charge in [0.2, 0.25) is 0 Å². The molecular weight excluding hydrogens is 444 g/mol. The summed E-state index contributed by atoms with van der Waals surface area (Å²) in [5.74, 6) is 0. The lowest BCUT2D eigenvalue weighted by Gasteiger charge is -2.21. The number of hydrogen-bond acceptors (Lipinski definition) is 2. The van der Waals surface area contributed by atoms with E-state index in [0.29, 0.717) is 0 Å². The van der Waals surface area contributed by atoms with Crippen molar-refractivity contribution < 1.29 is 0 Å². The van der Waals surface area contributed by atoms with Crippen molar-refractivity contribution in [1.82, 2.24) is 9.55 Å². The van der Waals surface area contributed by atoms with Gasteiger partial charge in [0.05, 0.1) is 21.3 Å². The second-order valence-corrected chi connectivity index (χ2v) is 11.1. The summed E-state index contributed by atoms with van der Waals surface area (Å²) < 4.78 is 3.56. The maximum absolute atomic E-state index is 5.02. The molecule has 0 saturated carbocycles. The highest BCUT2D eigenvalue weighted by Crippen LogP contribution is 2.51. The van der Waals surface area contributed by atoms with Crippen molar-refractivity contribution in [3.05, 3.63) is 108 Å². The summed E-state index contributed by atoms with van der Waals surface area (Å²) in [4.78, 5) is 5.02. The predicted octanol–water partition coefficient (Wildman–Crippen LogP) is 8.85. The fourth-order valence-corrected chi connectivity index (χ4v) is 7.14. The summed E-state index contributed by atoms with van der Waals surface area (Å²) in [7, 11) is 0. The number of benzene rings is 5. The first-order chi connectivity index (χ1) is 17.1. The van der Waals surface area contributed by atoms with Crippen molar-refractivity contribution in [1.29, 1.82) is 0 Å². The third-order valence-electron chi connectivity index (χ3n) is 7.83. The van der Waals surface area contributed by atoms with Crippen molar-refractivity contribution in [2.24, 2.45) is 0 Å². The molecule has 2 nitrogen and oxygen atoms in total. The van der Waals surface area contributed by atoms with Gasteiger partial charge in [-0.3, -0.25) is 4.57 Å². The SMILES string of the molecule is CC1(C)c2ccccc2-c2cc3c(ccc4c3c3ccccc3n4-c3nc4ccccc4s3)cc21. The molecule has 3 heteroatoms. The number of hydrogen-bond donors (Lipinski definition) is 0. The molecule has 0 fully saturated rings. The van der Waals surface area contributed by atoms with Crippen molar-refractivity contribution >= 4 is 54.1 Å². The van der Waals surface area contributed by atoms with Crippen LogP contribution in [0.5, 0.6) is 0 Å². The van der Waals surface area contributed by atoms with Gasteiger partial charge in [0.15, 0.2) is 5.13 Å². The summed E-state index contributed by atoms with van der Waals surface area (Å²) in [6, 6.07) is 35.5. The Morgan fingerprint density at radius 3 is 2.40 bits per heavy atom. The summed E-state index contributed by atoms with van der Waals surface area (Å²) in [6.45, 7) is 4.70. The zero-order chi connectivity index (χ0) is 23.3. The lowest BCUT2D eigenvalue weighted by atomic mass is 9.82. The van der Waals surface area contributed by atoms with Crippen LogP contribution in [-0.4, -0.2) is 9.55 Å². The van der Waals surface area contributed by atoms with Crippen molar-refractivity contribution in [3.63, 3.8) is 0 Å². The second kappa shape index (κ2) is 6.59. The molecule has 2 aromatic heterocycles. The maximum Gasteiger partial charge on any atom is 0.195 e. The van der Waals surface area contributed by atoms with Gasteiger partial charge in [-0.1, -0.05) is 85.8 Å². The van der Waals surface area contributed by atoms with Crippen molar-refractivity contribution in [2.75, 3.05) is 0 Å². The van der Waals surface area contributed by atoms with Crippen LogP contribution >= 0.6 is 11.3 Å². The van der Waals surface area contributed by atoms with Gasteiger partial charge in [-0.15, -0.1) is 0 Å². The van der Waals surface area contributed by atoms with Crippen LogP contribution in [0.1, 0.15) is 25.0 Å². The van der Waals surface area contributed by atoms with Crippen LogP contribution < -0.4 is 0 Å². The smallest absolute Gasteiger partial charge is 0.195 e. The van der Waals surface area contributed by atoms with E-state index in [-0.39, 0.29) is 5.41 Å². The van der Waals surface area contributed by atoms with Gasteiger partial charge in [-0.25, -0.2) is 4.98 Å². The Morgan fingerprint density at radius 2 is 1.49 bits per heavy atom. The van der Waals surface area contributed by atoms with E-state index in [1.807, 2.05) is 0 Å². The summed E-state index contributed by atoms with van der Waals surface area (Å²) >= 11 is 1.75. The van der Waals surface area contributed by atoms with Gasteiger partial charge in [0.1, 0.15) is 0 Å². The van der Waals surface area contributed by atoms with Gasteiger partial charge in [-0.2, -0.15) is 0 Å². The molecule has 0 N–H and O–H groups in total. The molecule has 5 aromatic carbocycles. The number of fused-ring (bicyclic) bond motifs is 9. The Labute approximate surface area is 207 Å². The molecule has 0 unspecified atom stereocenters. The van der Waals surface area contributed by atoms with Crippen LogP contribution in [0, 0.1) is 0 Å². The molecule has 0 amide bonds. The molecular formula is C32H22N2S. The van der Waals surface area contributed by atoms with Gasteiger partial charge in [0.25, 0.3) is 0 Å². The lowest BCUT2D eigenvalue weighted by molar-refractivity contribution is 0.661. The van der Waals surface area contributed by atoms with Crippen LogP contribution in [-0.2, 0) is 5.41 Å². The number of rotatable bonds is 1. The molecule has 7 aromatic rings. The number of thiazole rings is 1. The van der Waals surface area contributed by atoms with Crippen LogP contribution in [0.3, 0.4) is 0 Å². The summed E-state index contributed by atoms with van der Waals surface area (Å²) in [6.07, 6.45) is 0. The Kier molecular flexibility index (Phi) is 3.64. The molecule has 0 aliphatic heterocycles. The Morgan fingerprint density at radius 1 is 0.686 bits per heavy atom. The van der Waals surface area contributed by atoms with E-state index in [4.69, 9.17) is 4.98 Å². The van der Waals surface area contributed by atoms with Gasteiger partial charge >= 0.3 is 0 Å². The van der Waals surface area contributed by atoms with Gasteiger partial charge in [-0.05, 0) is 69.4 Å². The van der Waals surface area contributed by atoms with Crippen molar-refractivity contribution in [3.8, 4) is 16.3 Å². The lowest BCUT2D eigenvalue weighted by Crippen LogP contribution is -2.14. The van der Waals surface area contributed by atoms with E-state index in [1.165, 1.54) is 59.5 Å². The first kappa shape index (κ1) is 19.4. The van der Waals surface area contributed by atoms with Gasteiger partial charge < -0.3 is 0 Å². The maximum atomic E-state index is 5.02. The number of aromatic nitrogens is 2. The molecule has 35 heavy (non-hydrogen) atoms. The summed E-state index contributed by atoms with van der Waals surface area (Å²) in [5.41, 5.74) is 9.03. The van der Waals surface area contributed by atoms with E-state index >= 15 is 0 Å². The predicted molar refractivity (Wildman–Crippen MR) is 149 cm³/mol. The molecule has 1 aliphatic rings. The molecule has 1 aliphatic carbocycles. The Hall–Kier alpha value is -3.95. The topological polar surface area (TPSA) is 17.8 Å². The van der Waals surface area contributed by atoms with E-state index in [0.717, 1.165) is 10.6 Å². The molecule has 8 rings (SSSR count). The zero-order valence-electron chi connectivity index (χ0n) is 19.5. The first-order valence-corrected chi connectivity index (χ1v) is 12.9. The fraction of sp³-hybridized carbons (Fsp3) is 0.0938. The van der Waals surface area contributed by atoms with Crippen LogP contribution in [0.2, 0.25) is 0 Å². The first-order valence-electron chi connectivity index (χ1n) is 12.1. The highest BCUT2D eigenvalue weighted by Gasteiger charge is 2.35. The van der Waals surface area contributed by atoms with Gasteiger partial charge in [0, 0.05) is 16.2 Å².